The molecule has 0 aliphatic rings. The van der Waals surface area contributed by atoms with Crippen LogP contribution in [0.2, 0.25) is 5.02 Å². The number of benzene rings is 2. The molecule has 0 aliphatic carbocycles. The molecule has 0 saturated heterocycles. The van der Waals surface area contributed by atoms with E-state index >= 15 is 0 Å². The van der Waals surface area contributed by atoms with Crippen molar-refractivity contribution in [3.05, 3.63) is 89.1 Å². The van der Waals surface area contributed by atoms with Crippen molar-refractivity contribution in [2.45, 2.75) is 12.8 Å². The molecule has 3 aromatic heterocycles. The van der Waals surface area contributed by atoms with Crippen LogP contribution < -0.4 is 5.32 Å². The number of imidazole rings is 1. The van der Waals surface area contributed by atoms with E-state index in [9.17, 15) is 4.79 Å². The Morgan fingerprint density at radius 1 is 1.10 bits per heavy atom. The van der Waals surface area contributed by atoms with E-state index in [1.165, 1.54) is 4.52 Å². The molecular weight excluding hydrogens is 400 g/mol. The van der Waals surface area contributed by atoms with Crippen molar-refractivity contribution in [1.29, 1.82) is 0 Å². The summed E-state index contributed by atoms with van der Waals surface area (Å²) in [6, 6.07) is 17.4. The molecule has 0 aliphatic heterocycles. The fourth-order valence-electron chi connectivity index (χ4n) is 3.39. The lowest BCUT2D eigenvalue weighted by atomic mass is 10.1. The van der Waals surface area contributed by atoms with Crippen LogP contribution in [0.3, 0.4) is 0 Å². The Hall–Kier alpha value is -3.71. The average Bonchev–Trinajstić information content (AvgIpc) is 3.33. The van der Waals surface area contributed by atoms with Crippen molar-refractivity contribution in [2.24, 2.45) is 0 Å². The molecular formula is C22H17ClN6O. The number of hydrogen-bond acceptors (Lipinski definition) is 4. The first kappa shape index (κ1) is 18.3. The summed E-state index contributed by atoms with van der Waals surface area (Å²) < 4.78 is 1.49. The van der Waals surface area contributed by atoms with Gasteiger partial charge in [0.25, 0.3) is 5.91 Å². The highest BCUT2D eigenvalue weighted by molar-refractivity contribution is 6.37. The van der Waals surface area contributed by atoms with E-state index in [-0.39, 0.29) is 16.6 Å². The lowest BCUT2D eigenvalue weighted by Gasteiger charge is -2.06. The monoisotopic (exact) mass is 416 g/mol. The number of carbonyl (C=O) groups is 1. The molecule has 0 atom stereocenters. The second-order valence-electron chi connectivity index (χ2n) is 6.91. The summed E-state index contributed by atoms with van der Waals surface area (Å²) in [5.74, 6) is 0.564. The maximum Gasteiger partial charge on any atom is 0.277 e. The largest absolute Gasteiger partial charge is 0.342 e. The minimum absolute atomic E-state index is 0.142. The molecule has 0 unspecified atom stereocenters. The highest BCUT2D eigenvalue weighted by Crippen LogP contribution is 2.21. The van der Waals surface area contributed by atoms with Crippen molar-refractivity contribution in [3.8, 4) is 0 Å². The Bertz CT molecular complexity index is 1340. The summed E-state index contributed by atoms with van der Waals surface area (Å²) in [6.45, 7) is 0. The molecule has 0 spiro atoms. The first-order chi connectivity index (χ1) is 14.7. The van der Waals surface area contributed by atoms with Crippen molar-refractivity contribution >= 4 is 39.9 Å². The molecule has 2 aromatic carbocycles. The number of rotatable bonds is 5. The van der Waals surface area contributed by atoms with Crippen LogP contribution in [0.1, 0.15) is 21.9 Å². The Morgan fingerprint density at radius 2 is 2.00 bits per heavy atom. The van der Waals surface area contributed by atoms with Gasteiger partial charge in [-0.1, -0.05) is 35.9 Å². The van der Waals surface area contributed by atoms with Gasteiger partial charge in [0.15, 0.2) is 11.3 Å². The number of aryl methyl sites for hydroxylation is 2. The number of nitrogens with one attached hydrogen (secondary N) is 2. The van der Waals surface area contributed by atoms with Crippen molar-refractivity contribution in [3.63, 3.8) is 0 Å². The standard InChI is InChI=1S/C22H17ClN6O/c23-19-20(28-29-12-4-11-24-21(19)29)22(30)25-15-6-3-5-14(13-15)9-10-18-26-16-7-1-2-8-17(16)27-18/h1-8,11-13H,9-10H2,(H,25,30)(H,26,27). The van der Waals surface area contributed by atoms with Gasteiger partial charge in [-0.15, -0.1) is 0 Å². The second-order valence-corrected chi connectivity index (χ2v) is 7.28. The lowest BCUT2D eigenvalue weighted by Crippen LogP contribution is -2.13. The lowest BCUT2D eigenvalue weighted by molar-refractivity contribution is 0.102. The molecule has 30 heavy (non-hydrogen) atoms. The Morgan fingerprint density at radius 3 is 2.87 bits per heavy atom. The minimum atomic E-state index is -0.375. The van der Waals surface area contributed by atoms with Gasteiger partial charge in [-0.05, 0) is 42.3 Å². The topological polar surface area (TPSA) is 88.0 Å². The molecule has 8 heteroatoms. The molecule has 2 N–H and O–H groups in total. The molecule has 3 heterocycles. The highest BCUT2D eigenvalue weighted by atomic mass is 35.5. The van der Waals surface area contributed by atoms with Gasteiger partial charge in [-0.25, -0.2) is 14.5 Å². The molecule has 0 fully saturated rings. The third-order valence-corrected chi connectivity index (χ3v) is 5.18. The third-order valence-electron chi connectivity index (χ3n) is 4.83. The normalized spacial score (nSPS) is 11.2. The van der Waals surface area contributed by atoms with Gasteiger partial charge < -0.3 is 10.3 Å². The third kappa shape index (κ3) is 3.51. The van der Waals surface area contributed by atoms with E-state index in [0.717, 1.165) is 35.3 Å². The zero-order chi connectivity index (χ0) is 20.5. The number of H-pyrrole nitrogens is 1. The second kappa shape index (κ2) is 7.61. The zero-order valence-corrected chi connectivity index (χ0v) is 16.6. The molecule has 5 aromatic rings. The number of aromatic nitrogens is 5. The Labute approximate surface area is 176 Å². The van der Waals surface area contributed by atoms with Gasteiger partial charge in [-0.3, -0.25) is 4.79 Å². The van der Waals surface area contributed by atoms with Gasteiger partial charge in [0.05, 0.1) is 11.0 Å². The highest BCUT2D eigenvalue weighted by Gasteiger charge is 2.18. The number of fused-ring (bicyclic) bond motifs is 2. The molecule has 7 nitrogen and oxygen atoms in total. The van der Waals surface area contributed by atoms with Crippen molar-refractivity contribution in [2.75, 3.05) is 5.32 Å². The predicted octanol–water partition coefficient (Wildman–Crippen LogP) is 4.30. The maximum absolute atomic E-state index is 12.7. The maximum atomic E-state index is 12.7. The van der Waals surface area contributed by atoms with Gasteiger partial charge in [-0.2, -0.15) is 5.10 Å². The summed E-state index contributed by atoms with van der Waals surface area (Å²) in [6.07, 6.45) is 4.87. The number of nitrogens with zero attached hydrogens (tertiary/aromatic N) is 4. The number of anilines is 1. The van der Waals surface area contributed by atoms with Crippen LogP contribution in [-0.2, 0) is 12.8 Å². The summed E-state index contributed by atoms with van der Waals surface area (Å²) in [7, 11) is 0. The summed E-state index contributed by atoms with van der Waals surface area (Å²) >= 11 is 6.28. The first-order valence-corrected chi connectivity index (χ1v) is 9.88. The molecule has 148 valence electrons. The van der Waals surface area contributed by atoms with Crippen LogP contribution in [0.4, 0.5) is 5.69 Å². The van der Waals surface area contributed by atoms with Crippen molar-refractivity contribution < 1.29 is 4.79 Å². The van der Waals surface area contributed by atoms with Crippen LogP contribution in [0.5, 0.6) is 0 Å². The zero-order valence-electron chi connectivity index (χ0n) is 15.8. The van der Waals surface area contributed by atoms with Gasteiger partial charge in [0.1, 0.15) is 10.8 Å². The molecule has 1 amide bonds. The van der Waals surface area contributed by atoms with E-state index in [1.807, 2.05) is 48.5 Å². The smallest absolute Gasteiger partial charge is 0.277 e. The number of carbonyl (C=O) groups excluding carboxylic acids is 1. The van der Waals surface area contributed by atoms with E-state index < -0.39 is 0 Å². The van der Waals surface area contributed by atoms with E-state index in [0.29, 0.717) is 11.3 Å². The van der Waals surface area contributed by atoms with Crippen molar-refractivity contribution in [1.82, 2.24) is 24.6 Å². The van der Waals surface area contributed by atoms with E-state index in [2.05, 4.69) is 25.4 Å². The first-order valence-electron chi connectivity index (χ1n) is 9.50. The fourth-order valence-corrected chi connectivity index (χ4v) is 3.64. The molecule has 0 bridgehead atoms. The molecule has 5 rings (SSSR count). The van der Waals surface area contributed by atoms with Crippen LogP contribution in [0.25, 0.3) is 16.7 Å². The number of amides is 1. The summed E-state index contributed by atoms with van der Waals surface area (Å²) in [4.78, 5) is 24.8. The number of halogens is 1. The Kier molecular flexibility index (Phi) is 4.65. The average molecular weight is 417 g/mol. The van der Waals surface area contributed by atoms with Gasteiger partial charge in [0, 0.05) is 24.5 Å². The van der Waals surface area contributed by atoms with E-state index in [1.54, 1.807) is 18.5 Å². The molecule has 0 saturated carbocycles. The number of hydrogen-bond donors (Lipinski definition) is 2. The number of para-hydroxylation sites is 2. The minimum Gasteiger partial charge on any atom is -0.342 e. The SMILES string of the molecule is O=C(Nc1cccc(CCc2nc3ccccc3[nH]2)c1)c1nn2cccnc2c1Cl. The fraction of sp³-hybridized carbons (Fsp3) is 0.0909. The molecule has 0 radical (unpaired) electrons. The predicted molar refractivity (Wildman–Crippen MR) is 116 cm³/mol. The van der Waals surface area contributed by atoms with Gasteiger partial charge >= 0.3 is 0 Å². The van der Waals surface area contributed by atoms with Gasteiger partial charge in [0.2, 0.25) is 0 Å². The number of aromatic amines is 1. The van der Waals surface area contributed by atoms with Crippen LogP contribution in [0, 0.1) is 0 Å². The summed E-state index contributed by atoms with van der Waals surface area (Å²) in [5, 5.41) is 7.33. The van der Waals surface area contributed by atoms with Crippen LogP contribution >= 0.6 is 11.6 Å². The summed E-state index contributed by atoms with van der Waals surface area (Å²) in [5.41, 5.74) is 4.37. The van der Waals surface area contributed by atoms with Crippen LogP contribution in [-0.4, -0.2) is 30.5 Å². The van der Waals surface area contributed by atoms with E-state index in [4.69, 9.17) is 11.6 Å². The van der Waals surface area contributed by atoms with Crippen LogP contribution in [0.15, 0.2) is 67.0 Å². The quantitative estimate of drug-likeness (QED) is 0.447. The Balaban J connectivity index is 1.30.